The van der Waals surface area contributed by atoms with Crippen LogP contribution in [0.5, 0.6) is 5.75 Å². The quantitative estimate of drug-likeness (QED) is 0.422. The minimum atomic E-state index is -2.51. The summed E-state index contributed by atoms with van der Waals surface area (Å²) in [6.07, 6.45) is 5.20. The van der Waals surface area contributed by atoms with E-state index in [1.54, 1.807) is 12.1 Å². The maximum absolute atomic E-state index is 13.4. The molecular weight excluding hydrogens is 497 g/mol. The number of ether oxygens (including phenoxy) is 1. The molecule has 0 aromatic heterocycles. The predicted octanol–water partition coefficient (Wildman–Crippen LogP) is 6.72. The van der Waals surface area contributed by atoms with Gasteiger partial charge in [-0.15, -0.1) is 0 Å². The van der Waals surface area contributed by atoms with Crippen molar-refractivity contribution < 1.29 is 9.53 Å². The first-order chi connectivity index (χ1) is 14.3. The molecule has 0 heterocycles. The fourth-order valence-corrected chi connectivity index (χ4v) is 14.4. The summed E-state index contributed by atoms with van der Waals surface area (Å²) in [5.74, 6) is 1.21. The Morgan fingerprint density at radius 2 is 1.80 bits per heavy atom. The van der Waals surface area contributed by atoms with E-state index in [0.29, 0.717) is 20.0 Å². The van der Waals surface area contributed by atoms with Crippen molar-refractivity contribution in [1.82, 2.24) is 0 Å². The van der Waals surface area contributed by atoms with Crippen LogP contribution in [-0.2, 0) is 0 Å². The van der Waals surface area contributed by atoms with Crippen molar-refractivity contribution in [2.45, 2.75) is 65.3 Å². The van der Waals surface area contributed by atoms with Crippen LogP contribution >= 0.6 is 11.6 Å². The zero-order valence-corrected chi connectivity index (χ0v) is 21.9. The summed E-state index contributed by atoms with van der Waals surface area (Å²) >= 11 is 3.68. The van der Waals surface area contributed by atoms with Crippen LogP contribution in [0.4, 0.5) is 0 Å². The zero-order chi connectivity index (χ0) is 21.5. The van der Waals surface area contributed by atoms with Crippen molar-refractivity contribution in [3.63, 3.8) is 0 Å². The average molecular weight is 524 g/mol. The monoisotopic (exact) mass is 523 g/mol. The van der Waals surface area contributed by atoms with Crippen molar-refractivity contribution in [1.29, 1.82) is 5.26 Å². The van der Waals surface area contributed by atoms with Crippen LogP contribution in [0.25, 0.3) is 0 Å². The van der Waals surface area contributed by atoms with Crippen molar-refractivity contribution in [3.05, 3.63) is 64.2 Å². The number of halogens is 1. The Bertz CT molecular complexity index is 1000. The fraction of sp³-hybridized carbons (Fsp3) is 0.440. The number of fused-ring (bicyclic) bond motifs is 2. The summed E-state index contributed by atoms with van der Waals surface area (Å²) in [5.41, 5.74) is 2.47. The zero-order valence-electron chi connectivity index (χ0n) is 17.9. The molecule has 2 bridgehead atoms. The van der Waals surface area contributed by atoms with Crippen LogP contribution in [-0.4, -0.2) is 30.6 Å². The molecule has 30 heavy (non-hydrogen) atoms. The van der Waals surface area contributed by atoms with Gasteiger partial charge in [0.1, 0.15) is 0 Å². The van der Waals surface area contributed by atoms with Crippen molar-refractivity contribution in [3.8, 4) is 11.8 Å². The molecule has 0 aliphatic heterocycles. The van der Waals surface area contributed by atoms with Crippen molar-refractivity contribution in [2.24, 2.45) is 0 Å². The second-order valence-corrected chi connectivity index (χ2v) is 19.0. The minimum absolute atomic E-state index is 0.176. The number of hydrogen-bond donors (Lipinski definition) is 0. The van der Waals surface area contributed by atoms with Gasteiger partial charge in [-0.05, 0) is 0 Å². The summed E-state index contributed by atoms with van der Waals surface area (Å²) < 4.78 is 9.44. The van der Waals surface area contributed by atoms with E-state index >= 15 is 0 Å². The Kier molecular flexibility index (Phi) is 5.99. The number of hydrogen-bond acceptors (Lipinski definition) is 3. The second-order valence-electron chi connectivity index (χ2n) is 9.44. The SMILES string of the molecule is CC(C)c1ccc([C](=O)[In]([CH3])[C]23CCC(Oc4ccc(C#N)c(Cl)c4)(CC2)C3)cc1. The van der Waals surface area contributed by atoms with Crippen LogP contribution in [0.1, 0.15) is 73.4 Å². The number of nitriles is 1. The molecule has 0 amide bonds. The molecule has 4 rings (SSSR count). The van der Waals surface area contributed by atoms with Gasteiger partial charge in [-0.1, -0.05) is 0 Å². The van der Waals surface area contributed by atoms with E-state index in [1.165, 1.54) is 5.56 Å². The number of benzene rings is 2. The van der Waals surface area contributed by atoms with E-state index in [-0.39, 0.29) is 8.77 Å². The van der Waals surface area contributed by atoms with E-state index in [1.807, 2.05) is 18.2 Å². The Hall–Kier alpha value is -1.44. The standard InChI is InChI=1S/C14H13ClNO.C10H11O.CH3.In/c15-13-7-12(2-1-11(13)9-16)17-14-5-3-10(8-14)4-6-14;1-8(2)10-5-3-9(7-11)4-6-10;;/h1-2,7H,3-6,8H2;3-6,8H,1-2H3;1H3;. The molecule has 5 heteroatoms. The van der Waals surface area contributed by atoms with Gasteiger partial charge in [0, 0.05) is 0 Å². The second kappa shape index (κ2) is 8.24. The fourth-order valence-electron chi connectivity index (χ4n) is 5.38. The molecule has 2 aliphatic carbocycles. The summed E-state index contributed by atoms with van der Waals surface area (Å²) in [6.45, 7) is 4.35. The molecule has 3 nitrogen and oxygen atoms in total. The summed E-state index contributed by atoms with van der Waals surface area (Å²) in [4.78, 5) is 13.4. The van der Waals surface area contributed by atoms with Crippen LogP contribution in [0.3, 0.4) is 0 Å². The molecular formula is C25H27ClInNO2. The first-order valence-corrected chi connectivity index (χ1v) is 17.8. The van der Waals surface area contributed by atoms with Gasteiger partial charge in [-0.25, -0.2) is 0 Å². The molecule has 2 aliphatic rings. The summed E-state index contributed by atoms with van der Waals surface area (Å²) in [5, 5.41) is 9.51. The molecule has 154 valence electrons. The molecule has 0 saturated heterocycles. The molecule has 2 aromatic carbocycles. The Labute approximate surface area is 191 Å². The Morgan fingerprint density at radius 3 is 2.37 bits per heavy atom. The van der Waals surface area contributed by atoms with E-state index < -0.39 is 21.4 Å². The van der Waals surface area contributed by atoms with Crippen LogP contribution < -0.4 is 4.74 Å². The molecule has 2 saturated carbocycles. The van der Waals surface area contributed by atoms with E-state index in [2.05, 4.69) is 36.7 Å². The maximum atomic E-state index is 13.4. The third-order valence-corrected chi connectivity index (χ3v) is 18.4. The summed E-state index contributed by atoms with van der Waals surface area (Å²) in [6, 6.07) is 15.7. The topological polar surface area (TPSA) is 50.1 Å². The third-order valence-electron chi connectivity index (χ3n) is 7.40. The Balaban J connectivity index is 1.49. The normalized spacial score (nSPS) is 24.7. The van der Waals surface area contributed by atoms with E-state index in [4.69, 9.17) is 21.6 Å². The van der Waals surface area contributed by atoms with Gasteiger partial charge < -0.3 is 0 Å². The molecule has 0 unspecified atom stereocenters. The average Bonchev–Trinajstić information content (AvgIpc) is 3.30. The first kappa shape index (κ1) is 21.8. The van der Waals surface area contributed by atoms with Gasteiger partial charge in [0.15, 0.2) is 0 Å². The first-order valence-electron chi connectivity index (χ1n) is 10.8. The summed E-state index contributed by atoms with van der Waals surface area (Å²) in [7, 11) is 0. The van der Waals surface area contributed by atoms with E-state index in [0.717, 1.165) is 43.4 Å². The van der Waals surface area contributed by atoms with Crippen molar-refractivity contribution in [2.75, 3.05) is 0 Å². The molecule has 0 radical (unpaired) electrons. The predicted molar refractivity (Wildman–Crippen MR) is 122 cm³/mol. The number of nitrogens with zero attached hydrogens (tertiary/aromatic N) is 1. The van der Waals surface area contributed by atoms with Gasteiger partial charge in [-0.2, -0.15) is 0 Å². The number of rotatable bonds is 6. The molecule has 2 fully saturated rings. The molecule has 2 aromatic rings. The van der Waals surface area contributed by atoms with Crippen molar-refractivity contribution >= 4 is 36.6 Å². The molecule has 0 N–H and O–H groups in total. The van der Waals surface area contributed by atoms with E-state index in [9.17, 15) is 4.79 Å². The number of carbonyl (C=O) groups excluding carboxylic acids is 1. The van der Waals surface area contributed by atoms with Gasteiger partial charge in [0.2, 0.25) is 0 Å². The van der Waals surface area contributed by atoms with Gasteiger partial charge in [-0.3, -0.25) is 0 Å². The van der Waals surface area contributed by atoms with Crippen LogP contribution in [0, 0.1) is 11.3 Å². The Morgan fingerprint density at radius 1 is 1.13 bits per heavy atom. The van der Waals surface area contributed by atoms with Gasteiger partial charge in [0.25, 0.3) is 0 Å². The molecule has 0 atom stereocenters. The van der Waals surface area contributed by atoms with Crippen LogP contribution in [0.15, 0.2) is 42.5 Å². The third kappa shape index (κ3) is 3.92. The number of carbonyl (C=O) groups is 1. The molecule has 0 spiro atoms. The van der Waals surface area contributed by atoms with Gasteiger partial charge >= 0.3 is 193 Å². The van der Waals surface area contributed by atoms with Gasteiger partial charge in [0.05, 0.1) is 0 Å². The van der Waals surface area contributed by atoms with Crippen LogP contribution in [0.2, 0.25) is 12.9 Å².